The van der Waals surface area contributed by atoms with E-state index in [9.17, 15) is 17.2 Å². The number of rotatable bonds is 13. The fourth-order valence-corrected chi connectivity index (χ4v) is 6.61. The molecule has 0 bridgehead atoms. The highest BCUT2D eigenvalue weighted by Gasteiger charge is 2.19. The van der Waals surface area contributed by atoms with Gasteiger partial charge in [0.1, 0.15) is 36.0 Å². The van der Waals surface area contributed by atoms with Crippen LogP contribution < -0.4 is 9.47 Å². The number of ether oxygens (including phenoxy) is 4. The van der Waals surface area contributed by atoms with Gasteiger partial charge in [-0.1, -0.05) is 50.5 Å². The molecule has 16 nitrogen and oxygen atoms in total. The number of nitrogens with zero attached hydrogens (tertiary/aromatic N) is 5. The van der Waals surface area contributed by atoms with Crippen LogP contribution in [0.15, 0.2) is 103 Å². The molecule has 0 aliphatic carbocycles. The van der Waals surface area contributed by atoms with Crippen LogP contribution in [-0.2, 0) is 28.9 Å². The molecule has 4 aromatic carbocycles. The van der Waals surface area contributed by atoms with Crippen LogP contribution in [0.4, 0.5) is 14.5 Å². The number of methoxy groups -OCH3 is 2. The van der Waals surface area contributed by atoms with Gasteiger partial charge in [-0.05, 0) is 36.4 Å². The molecule has 0 saturated heterocycles. The maximum atomic E-state index is 14.5. The SMILES string of the molecule is COCCOc1cc2[nH]nc(-c3cc(-c4ccc(Br)cc4)no3)c2cc1F.COCCOc1cc2[nH]nc(-c3cc(-c4ccc(N=S(C)(C)=O)cc4)no3)c2cc1F.CS(C)(=N)=O. The van der Waals surface area contributed by atoms with Gasteiger partial charge in [-0.25, -0.2) is 13.0 Å². The molecule has 4 aromatic heterocycles. The van der Waals surface area contributed by atoms with Crippen molar-refractivity contribution in [1.82, 2.24) is 30.7 Å². The van der Waals surface area contributed by atoms with Gasteiger partial charge in [0.15, 0.2) is 34.7 Å². The van der Waals surface area contributed by atoms with Gasteiger partial charge in [-0.2, -0.15) is 14.6 Å². The first kappa shape index (κ1) is 46.5. The summed E-state index contributed by atoms with van der Waals surface area (Å²) >= 11 is 3.40. The molecule has 8 rings (SSSR count). The van der Waals surface area contributed by atoms with Gasteiger partial charge in [-0.3, -0.25) is 19.2 Å². The number of hydrogen-bond acceptors (Lipinski definition) is 14. The van der Waals surface area contributed by atoms with Crippen LogP contribution in [0.3, 0.4) is 0 Å². The molecular weight excluding hydrogens is 927 g/mol. The molecule has 63 heavy (non-hydrogen) atoms. The van der Waals surface area contributed by atoms with Gasteiger partial charge in [0, 0.05) is 109 Å². The van der Waals surface area contributed by atoms with Gasteiger partial charge < -0.3 is 28.0 Å². The summed E-state index contributed by atoms with van der Waals surface area (Å²) in [6, 6.07) is 24.2. The van der Waals surface area contributed by atoms with Crippen LogP contribution in [-0.4, -0.2) is 105 Å². The van der Waals surface area contributed by atoms with E-state index >= 15 is 0 Å². The molecule has 0 spiro atoms. The summed E-state index contributed by atoms with van der Waals surface area (Å²) in [6.45, 7) is 1.24. The number of hydrogen-bond donors (Lipinski definition) is 3. The molecule has 21 heteroatoms. The molecule has 0 unspecified atom stereocenters. The number of halogens is 3. The minimum atomic E-state index is -2.23. The molecule has 0 saturated carbocycles. The molecule has 8 aromatic rings. The Hall–Kier alpha value is -6.00. The highest BCUT2D eigenvalue weighted by Crippen LogP contribution is 2.35. The lowest BCUT2D eigenvalue weighted by molar-refractivity contribution is 0.144. The Labute approximate surface area is 369 Å². The van der Waals surface area contributed by atoms with Gasteiger partial charge in [-0.15, -0.1) is 0 Å². The summed E-state index contributed by atoms with van der Waals surface area (Å²) in [4.78, 5) is 0. The summed E-state index contributed by atoms with van der Waals surface area (Å²) in [5, 5.41) is 23.6. The Bertz CT molecular complexity index is 3040. The third kappa shape index (κ3) is 12.8. The Balaban J connectivity index is 0.000000191. The molecule has 0 aliphatic rings. The van der Waals surface area contributed by atoms with E-state index in [1.165, 1.54) is 24.6 Å². The van der Waals surface area contributed by atoms with Gasteiger partial charge in [0.05, 0.1) is 29.9 Å². The summed E-state index contributed by atoms with van der Waals surface area (Å²) in [5.41, 5.74) is 5.78. The van der Waals surface area contributed by atoms with Crippen molar-refractivity contribution >= 4 is 62.9 Å². The van der Waals surface area contributed by atoms with E-state index in [1.807, 2.05) is 36.4 Å². The Morgan fingerprint density at radius 3 is 1.48 bits per heavy atom. The van der Waals surface area contributed by atoms with Crippen molar-refractivity contribution in [1.29, 1.82) is 4.78 Å². The van der Waals surface area contributed by atoms with Crippen molar-refractivity contribution in [2.75, 3.05) is 65.7 Å². The maximum absolute atomic E-state index is 14.5. The second kappa shape index (κ2) is 20.5. The van der Waals surface area contributed by atoms with E-state index in [2.05, 4.69) is 51.0 Å². The highest BCUT2D eigenvalue weighted by molar-refractivity contribution is 9.10. The standard InChI is InChI=1S/C21H21FN4O4S.C19H15BrFN3O3.C2H7NOS/c1-28-8-9-29-19-12-18-15(10-16(19)22)21(24-23-18)20-11-17(25-30-20)13-4-6-14(7-5-13)26-31(2,3)27;1-25-6-7-26-17-10-16-13(8-14(17)21)19(23-22-16)18-9-15(24-27-18)11-2-4-12(20)5-3-11;1-5(2,3)4/h4-7,10-12H,8-9H2,1-3H3,(H,23,24);2-5,8-10H,6-7H2,1H3,(H,22,23);3H,1-2H3. The quantitative estimate of drug-likeness (QED) is 0.0921. The Kier molecular flexibility index (Phi) is 15.1. The minimum Gasteiger partial charge on any atom is -0.488 e. The number of aromatic amines is 2. The van der Waals surface area contributed by atoms with Crippen LogP contribution in [0, 0.1) is 16.4 Å². The van der Waals surface area contributed by atoms with Crippen molar-refractivity contribution in [3.8, 4) is 56.9 Å². The minimum absolute atomic E-state index is 0.117. The average molecular weight is 970 g/mol. The van der Waals surface area contributed by atoms with E-state index in [-0.39, 0.29) is 24.7 Å². The van der Waals surface area contributed by atoms with E-state index < -0.39 is 31.1 Å². The molecule has 3 N–H and O–H groups in total. The lowest BCUT2D eigenvalue weighted by atomic mass is 10.1. The van der Waals surface area contributed by atoms with Crippen molar-refractivity contribution < 1.29 is 45.2 Å². The number of aromatic nitrogens is 6. The molecule has 0 atom stereocenters. The van der Waals surface area contributed by atoms with Crippen LogP contribution in [0.25, 0.3) is 67.2 Å². The fourth-order valence-electron chi connectivity index (χ4n) is 5.72. The van der Waals surface area contributed by atoms with Gasteiger partial charge >= 0.3 is 0 Å². The van der Waals surface area contributed by atoms with Crippen LogP contribution >= 0.6 is 15.9 Å². The molecule has 4 heterocycles. The molecular formula is C42H43BrF2N8O8S2. The Morgan fingerprint density at radius 2 is 1.08 bits per heavy atom. The van der Waals surface area contributed by atoms with Crippen LogP contribution in [0.1, 0.15) is 0 Å². The Morgan fingerprint density at radius 1 is 0.667 bits per heavy atom. The van der Waals surface area contributed by atoms with Crippen molar-refractivity contribution in [2.24, 2.45) is 4.36 Å². The van der Waals surface area contributed by atoms with E-state index in [1.54, 1.807) is 63.1 Å². The maximum Gasteiger partial charge on any atom is 0.188 e. The third-order valence-electron chi connectivity index (χ3n) is 8.44. The van der Waals surface area contributed by atoms with Crippen molar-refractivity contribution in [3.63, 3.8) is 0 Å². The zero-order valence-electron chi connectivity index (χ0n) is 34.9. The number of fused-ring (bicyclic) bond motifs is 2. The summed E-state index contributed by atoms with van der Waals surface area (Å²) in [5.74, 6) is 0.122. The molecule has 0 aliphatic heterocycles. The van der Waals surface area contributed by atoms with Crippen molar-refractivity contribution in [3.05, 3.63) is 101 Å². The largest absolute Gasteiger partial charge is 0.488 e. The fraction of sp³-hybridized carbons (Fsp3) is 0.238. The molecule has 0 amide bonds. The van der Waals surface area contributed by atoms with Crippen LogP contribution in [0.2, 0.25) is 0 Å². The third-order valence-corrected chi connectivity index (χ3v) is 9.62. The molecule has 0 radical (unpaired) electrons. The summed E-state index contributed by atoms with van der Waals surface area (Å²) < 4.78 is 93.6. The summed E-state index contributed by atoms with van der Waals surface area (Å²) in [7, 11) is -1.29. The first-order valence-corrected chi connectivity index (χ1v) is 24.2. The molecule has 332 valence electrons. The predicted octanol–water partition coefficient (Wildman–Crippen LogP) is 9.51. The van der Waals surface area contributed by atoms with Gasteiger partial charge in [0.25, 0.3) is 0 Å². The zero-order chi connectivity index (χ0) is 45.3. The summed E-state index contributed by atoms with van der Waals surface area (Å²) in [6.07, 6.45) is 5.92. The number of nitrogens with one attached hydrogen (secondary N) is 3. The van der Waals surface area contributed by atoms with Crippen molar-refractivity contribution in [2.45, 2.75) is 0 Å². The van der Waals surface area contributed by atoms with Gasteiger partial charge in [0.2, 0.25) is 0 Å². The second-order valence-corrected chi connectivity index (χ2v) is 20.1. The predicted molar refractivity (Wildman–Crippen MR) is 241 cm³/mol. The lowest BCUT2D eigenvalue weighted by Crippen LogP contribution is -2.05. The highest BCUT2D eigenvalue weighted by atomic mass is 79.9. The van der Waals surface area contributed by atoms with E-state index in [0.717, 1.165) is 15.6 Å². The average Bonchev–Trinajstić information content (AvgIpc) is 4.05. The number of benzene rings is 4. The number of H-pyrrole nitrogens is 2. The first-order valence-electron chi connectivity index (χ1n) is 18.7. The van der Waals surface area contributed by atoms with E-state index in [4.69, 9.17) is 32.8 Å². The topological polar surface area (TPSA) is 217 Å². The van der Waals surface area contributed by atoms with Crippen LogP contribution in [0.5, 0.6) is 11.5 Å². The smallest absolute Gasteiger partial charge is 0.188 e. The lowest BCUT2D eigenvalue weighted by Gasteiger charge is -2.06. The molecule has 0 fully saturated rings. The second-order valence-electron chi connectivity index (χ2n) is 14.2. The monoisotopic (exact) mass is 968 g/mol. The first-order chi connectivity index (χ1) is 30.0. The zero-order valence-corrected chi connectivity index (χ0v) is 38.1. The normalized spacial score (nSPS) is 11.5. The van der Waals surface area contributed by atoms with E-state index in [0.29, 0.717) is 75.0 Å².